The van der Waals surface area contributed by atoms with Gasteiger partial charge >= 0.3 is 6.03 Å². The summed E-state index contributed by atoms with van der Waals surface area (Å²) in [5, 5.41) is 11.2. The van der Waals surface area contributed by atoms with Crippen molar-refractivity contribution in [3.8, 4) is 0 Å². The van der Waals surface area contributed by atoms with E-state index >= 15 is 0 Å². The Morgan fingerprint density at radius 2 is 1.66 bits per heavy atom. The van der Waals surface area contributed by atoms with Crippen molar-refractivity contribution in [1.82, 2.24) is 26.0 Å². The number of hydrogen-bond acceptors (Lipinski definition) is 5. The Bertz CT molecular complexity index is 1310. The van der Waals surface area contributed by atoms with Crippen molar-refractivity contribution < 1.29 is 9.59 Å². The Morgan fingerprint density at radius 1 is 0.897 bits per heavy atom. The number of hydrazine groups is 1. The van der Waals surface area contributed by atoms with E-state index in [9.17, 15) is 14.4 Å². The Morgan fingerprint density at radius 3 is 2.48 bits per heavy atom. The van der Waals surface area contributed by atoms with E-state index in [0.717, 1.165) is 16.5 Å². The summed E-state index contributed by atoms with van der Waals surface area (Å²) in [5.41, 5.74) is 5.60. The summed E-state index contributed by atoms with van der Waals surface area (Å²) in [6.07, 6.45) is 1.66. The predicted molar refractivity (Wildman–Crippen MR) is 108 cm³/mol. The van der Waals surface area contributed by atoms with Crippen molar-refractivity contribution >= 4 is 39.2 Å². The van der Waals surface area contributed by atoms with Crippen LogP contribution in [0.4, 0.5) is 10.5 Å². The molecule has 0 aliphatic carbocycles. The molecule has 4 rings (SSSR count). The average Bonchev–Trinajstić information content (AvgIpc) is 2.73. The molecule has 0 fully saturated rings. The van der Waals surface area contributed by atoms with Crippen LogP contribution in [0.2, 0.25) is 0 Å². The minimum atomic E-state index is -0.662. The van der Waals surface area contributed by atoms with Crippen LogP contribution < -0.4 is 21.7 Å². The van der Waals surface area contributed by atoms with Crippen LogP contribution in [-0.4, -0.2) is 27.1 Å². The second-order valence-corrected chi connectivity index (χ2v) is 6.28. The largest absolute Gasteiger partial charge is 0.337 e. The van der Waals surface area contributed by atoms with Gasteiger partial charge in [-0.15, -0.1) is 0 Å². The van der Waals surface area contributed by atoms with Crippen molar-refractivity contribution in [2.24, 2.45) is 0 Å². The lowest BCUT2D eigenvalue weighted by Gasteiger charge is -2.12. The van der Waals surface area contributed by atoms with E-state index in [1.165, 1.54) is 0 Å². The topological polar surface area (TPSA) is 129 Å². The maximum atomic E-state index is 12.4. The normalized spacial score (nSPS) is 10.7. The Kier molecular flexibility index (Phi) is 4.62. The van der Waals surface area contributed by atoms with Gasteiger partial charge in [0.1, 0.15) is 0 Å². The number of aromatic amines is 1. The zero-order valence-electron chi connectivity index (χ0n) is 15.3. The van der Waals surface area contributed by atoms with Gasteiger partial charge in [-0.1, -0.05) is 30.3 Å². The molecule has 0 aliphatic heterocycles. The van der Waals surface area contributed by atoms with Crippen LogP contribution in [0.3, 0.4) is 0 Å². The summed E-state index contributed by atoms with van der Waals surface area (Å²) >= 11 is 0. The molecule has 0 unspecified atom stereocenters. The maximum absolute atomic E-state index is 12.4. The third-order valence-electron chi connectivity index (χ3n) is 4.45. The Hall–Kier alpha value is -4.27. The van der Waals surface area contributed by atoms with E-state index in [-0.39, 0.29) is 5.69 Å². The first kappa shape index (κ1) is 18.1. The average molecular weight is 388 g/mol. The fourth-order valence-corrected chi connectivity index (χ4v) is 3.08. The maximum Gasteiger partial charge on any atom is 0.337 e. The lowest BCUT2D eigenvalue weighted by atomic mass is 10.1. The van der Waals surface area contributed by atoms with E-state index in [4.69, 9.17) is 0 Å². The molecule has 0 radical (unpaired) electrons. The number of nitrogens with zero attached hydrogens (tertiary/aromatic N) is 2. The minimum Gasteiger partial charge on any atom is -0.306 e. The number of rotatable bonds is 2. The lowest BCUT2D eigenvalue weighted by molar-refractivity contribution is 0.0933. The van der Waals surface area contributed by atoms with Gasteiger partial charge in [0.15, 0.2) is 5.69 Å². The molecule has 0 saturated carbocycles. The molecule has 0 saturated heterocycles. The van der Waals surface area contributed by atoms with Gasteiger partial charge in [0, 0.05) is 28.0 Å². The van der Waals surface area contributed by atoms with Crippen LogP contribution >= 0.6 is 0 Å². The fourth-order valence-electron chi connectivity index (χ4n) is 3.08. The smallest absolute Gasteiger partial charge is 0.306 e. The summed E-state index contributed by atoms with van der Waals surface area (Å²) in [4.78, 5) is 40.8. The number of aromatic nitrogens is 3. The second-order valence-electron chi connectivity index (χ2n) is 6.28. The number of carbonyl (C=O) groups excluding carboxylic acids is 2. The van der Waals surface area contributed by atoms with Gasteiger partial charge < -0.3 is 5.32 Å². The number of urea groups is 1. The summed E-state index contributed by atoms with van der Waals surface area (Å²) in [7, 11) is 0. The van der Waals surface area contributed by atoms with E-state index in [1.807, 2.05) is 19.1 Å². The second kappa shape index (κ2) is 7.39. The third kappa shape index (κ3) is 3.48. The molecule has 9 heteroatoms. The van der Waals surface area contributed by atoms with Crippen molar-refractivity contribution in [1.29, 1.82) is 0 Å². The van der Waals surface area contributed by atoms with Crippen molar-refractivity contribution in [3.63, 3.8) is 0 Å². The van der Waals surface area contributed by atoms with E-state index < -0.39 is 17.5 Å². The summed E-state index contributed by atoms with van der Waals surface area (Å²) < 4.78 is 0. The van der Waals surface area contributed by atoms with Crippen LogP contribution in [0.1, 0.15) is 16.2 Å². The van der Waals surface area contributed by atoms with Crippen LogP contribution in [0.5, 0.6) is 0 Å². The molecule has 144 valence electrons. The van der Waals surface area contributed by atoms with E-state index in [1.54, 1.807) is 42.6 Å². The predicted octanol–water partition coefficient (Wildman–Crippen LogP) is 2.25. The molecule has 0 spiro atoms. The number of fused-ring (bicyclic) bond motifs is 2. The first-order valence-electron chi connectivity index (χ1n) is 8.73. The van der Waals surface area contributed by atoms with Gasteiger partial charge in [0.25, 0.3) is 11.5 Å². The highest BCUT2D eigenvalue weighted by atomic mass is 16.2. The van der Waals surface area contributed by atoms with Crippen LogP contribution in [-0.2, 0) is 0 Å². The van der Waals surface area contributed by atoms with Crippen LogP contribution in [0.15, 0.2) is 59.5 Å². The van der Waals surface area contributed by atoms with E-state index in [0.29, 0.717) is 16.5 Å². The Balaban J connectivity index is 1.50. The zero-order chi connectivity index (χ0) is 20.4. The summed E-state index contributed by atoms with van der Waals surface area (Å²) in [6.45, 7) is 1.88. The number of H-pyrrole nitrogens is 1. The molecular weight excluding hydrogens is 372 g/mol. The number of carbonyl (C=O) groups is 2. The number of benzene rings is 2. The first-order valence-corrected chi connectivity index (χ1v) is 8.73. The first-order chi connectivity index (χ1) is 14.0. The van der Waals surface area contributed by atoms with Crippen molar-refractivity contribution in [2.75, 3.05) is 5.32 Å². The molecule has 2 heterocycles. The molecule has 3 amide bonds. The highest BCUT2D eigenvalue weighted by Crippen LogP contribution is 2.24. The van der Waals surface area contributed by atoms with Gasteiger partial charge in [0.05, 0.1) is 11.1 Å². The quantitative estimate of drug-likeness (QED) is 0.392. The molecule has 0 bridgehead atoms. The van der Waals surface area contributed by atoms with Crippen molar-refractivity contribution in [2.45, 2.75) is 6.92 Å². The lowest BCUT2D eigenvalue weighted by Crippen LogP contribution is -2.44. The third-order valence-corrected chi connectivity index (χ3v) is 4.45. The summed E-state index contributed by atoms with van der Waals surface area (Å²) in [5.74, 6) is -0.662. The fraction of sp³-hybridized carbons (Fsp3) is 0.0500. The number of pyridine rings is 1. The minimum absolute atomic E-state index is 0.00707. The van der Waals surface area contributed by atoms with E-state index in [2.05, 4.69) is 31.3 Å². The molecule has 2 aromatic carbocycles. The molecule has 9 nitrogen and oxygen atoms in total. The number of anilines is 1. The highest BCUT2D eigenvalue weighted by molar-refractivity contribution is 6.06. The molecule has 4 aromatic rings. The number of amides is 3. The zero-order valence-corrected chi connectivity index (χ0v) is 15.3. The number of nitrogens with one attached hydrogen (secondary N) is 4. The van der Waals surface area contributed by atoms with Crippen LogP contribution in [0, 0.1) is 6.92 Å². The molecule has 4 N–H and O–H groups in total. The van der Waals surface area contributed by atoms with Gasteiger partial charge in [0.2, 0.25) is 0 Å². The standard InChI is InChI=1S/C20H16N6O3/c1-11-12-7-4-8-16(13(12)9-10-21-11)22-20(29)26-25-19(28)17-14-5-2-3-6-15(14)18(27)24-23-17/h2-10H,1H3,(H,24,27)(H,25,28)(H2,22,26,29). The SMILES string of the molecule is Cc1nccc2c(NC(=O)NNC(=O)c3n[nH]c(=O)c4ccccc34)cccc12. The summed E-state index contributed by atoms with van der Waals surface area (Å²) in [6, 6.07) is 13.2. The monoisotopic (exact) mass is 388 g/mol. The van der Waals surface area contributed by atoms with Gasteiger partial charge in [-0.25, -0.2) is 15.3 Å². The highest BCUT2D eigenvalue weighted by Gasteiger charge is 2.15. The Labute approximate surface area is 164 Å². The molecule has 2 aromatic heterocycles. The van der Waals surface area contributed by atoms with Crippen LogP contribution in [0.25, 0.3) is 21.5 Å². The van der Waals surface area contributed by atoms with Gasteiger partial charge in [-0.05, 0) is 25.1 Å². The van der Waals surface area contributed by atoms with Gasteiger partial charge in [-0.2, -0.15) is 5.10 Å². The number of aryl methyl sites for hydroxylation is 1. The molecule has 0 atom stereocenters. The number of hydrogen-bond donors (Lipinski definition) is 4. The van der Waals surface area contributed by atoms with Crippen molar-refractivity contribution in [3.05, 3.63) is 76.5 Å². The molecule has 0 aliphatic rings. The molecular formula is C20H16N6O3. The molecule has 29 heavy (non-hydrogen) atoms. The van der Waals surface area contributed by atoms with Gasteiger partial charge in [-0.3, -0.25) is 20.0 Å².